The maximum atomic E-state index is 8.69. The molecule has 37 valence electrons. The SMILES string of the molecule is [O]=[Mn](=[O])(=[O])[OH].[Pm]. The first kappa shape index (κ1) is 10.2. The van der Waals surface area contributed by atoms with Gasteiger partial charge in [-0.15, -0.1) is 0 Å². The maximum Gasteiger partial charge on any atom is 0 e. The van der Waals surface area contributed by atoms with Gasteiger partial charge < -0.3 is 0 Å². The molecule has 0 fully saturated rings. The zero-order valence-corrected chi connectivity index (χ0v) is 6.55. The molecule has 4 nitrogen and oxygen atoms in total. The Balaban J connectivity index is 0. The average Bonchev–Trinajstić information content (AvgIpc) is 0.722. The quantitative estimate of drug-likeness (QED) is 0.575. The fourth-order valence-corrected chi connectivity index (χ4v) is 0. The van der Waals surface area contributed by atoms with Gasteiger partial charge in [-0.25, -0.2) is 0 Å². The Morgan fingerprint density at radius 3 is 1.17 bits per heavy atom. The molecule has 0 spiro atoms. The van der Waals surface area contributed by atoms with Crippen molar-refractivity contribution >= 4 is 0 Å². The van der Waals surface area contributed by atoms with Crippen LogP contribution in [0.3, 0.4) is 0 Å². The van der Waals surface area contributed by atoms with Crippen molar-refractivity contribution in [2.75, 3.05) is 0 Å². The van der Waals surface area contributed by atoms with Crippen molar-refractivity contribution in [1.82, 2.24) is 0 Å². The van der Waals surface area contributed by atoms with E-state index < -0.39 is 13.0 Å². The third-order valence-electron chi connectivity index (χ3n) is 0. The van der Waals surface area contributed by atoms with Gasteiger partial charge in [0, 0.05) is 40.4 Å². The van der Waals surface area contributed by atoms with Gasteiger partial charge in [0.25, 0.3) is 0 Å². The molecule has 0 atom stereocenters. The Kier molecular flexibility index (Phi) is 5.55. The molecule has 0 amide bonds. The first-order chi connectivity index (χ1) is 2.00. The van der Waals surface area contributed by atoms with E-state index in [1.54, 1.807) is 0 Å². The molecule has 0 rings (SSSR count). The summed E-state index contributed by atoms with van der Waals surface area (Å²) in [6, 6.07) is 0. The van der Waals surface area contributed by atoms with E-state index in [1.165, 1.54) is 0 Å². The van der Waals surface area contributed by atoms with E-state index in [4.69, 9.17) is 15.7 Å². The van der Waals surface area contributed by atoms with Gasteiger partial charge in [-0.05, 0) is 0 Å². The van der Waals surface area contributed by atoms with Crippen LogP contribution in [-0.2, 0) is 24.5 Å². The van der Waals surface area contributed by atoms with Crippen LogP contribution in [0.5, 0.6) is 0 Å². The summed E-state index contributed by atoms with van der Waals surface area (Å²) in [5.74, 6) is 0. The van der Waals surface area contributed by atoms with Gasteiger partial charge in [-0.1, -0.05) is 0 Å². The minimum absolute atomic E-state index is 0. The topological polar surface area (TPSA) is 71.4 Å². The third kappa shape index (κ3) is 62.6. The van der Waals surface area contributed by atoms with E-state index in [9.17, 15) is 0 Å². The number of hydrogen-bond acceptors (Lipinski definition) is 3. The molecule has 0 aliphatic rings. The fourth-order valence-electron chi connectivity index (χ4n) is 0. The minimum atomic E-state index is -5.38. The fraction of sp³-hybridized carbons (Fsp3) is 0. The maximum absolute atomic E-state index is 8.69. The predicted molar refractivity (Wildman–Crippen MR) is 4.28 cm³/mol. The summed E-state index contributed by atoms with van der Waals surface area (Å²) in [6.07, 6.45) is 0. The molecule has 6 heteroatoms. The van der Waals surface area contributed by atoms with Crippen LogP contribution in [0, 0.1) is 40.4 Å². The molecule has 0 saturated heterocycles. The van der Waals surface area contributed by atoms with Gasteiger partial charge in [0.2, 0.25) is 0 Å². The zero-order valence-electron chi connectivity index (χ0n) is 2.50. The van der Waals surface area contributed by atoms with Crippen LogP contribution in [0.2, 0.25) is 0 Å². The van der Waals surface area contributed by atoms with E-state index in [-0.39, 0.29) is 40.4 Å². The van der Waals surface area contributed by atoms with Crippen LogP contribution in [0.25, 0.3) is 0 Å². The number of rotatable bonds is 0. The Hall–Kier alpha value is 1.22. The van der Waals surface area contributed by atoms with Crippen molar-refractivity contribution in [3.8, 4) is 0 Å². The largest absolute Gasteiger partial charge is 0 e. The van der Waals surface area contributed by atoms with E-state index in [2.05, 4.69) is 0 Å². The van der Waals surface area contributed by atoms with Gasteiger partial charge in [0.05, 0.1) is 0 Å². The molecular formula is HMnO4Pm. The molecule has 1 radical (unpaired) electrons. The first-order valence-electron chi connectivity index (χ1n) is 0.632. The van der Waals surface area contributed by atoms with Gasteiger partial charge in [-0.2, -0.15) is 0 Å². The summed E-state index contributed by atoms with van der Waals surface area (Å²) in [5.41, 5.74) is 0. The van der Waals surface area contributed by atoms with Crippen molar-refractivity contribution in [2.24, 2.45) is 0 Å². The molecule has 0 saturated carbocycles. The standard InChI is InChI=1S/Mn.H2O.3O.Pm/h;1H2;;;;/q+1;;;;;/p-1. The summed E-state index contributed by atoms with van der Waals surface area (Å²) >= 11 is -5.38. The Morgan fingerprint density at radius 1 is 1.17 bits per heavy atom. The van der Waals surface area contributed by atoms with Crippen molar-refractivity contribution in [1.29, 1.82) is 0 Å². The van der Waals surface area contributed by atoms with E-state index in [1.807, 2.05) is 0 Å². The van der Waals surface area contributed by atoms with Crippen molar-refractivity contribution < 1.29 is 69.1 Å². The van der Waals surface area contributed by atoms with E-state index in [0.717, 1.165) is 0 Å². The van der Waals surface area contributed by atoms with Crippen LogP contribution >= 0.6 is 0 Å². The smallest absolute Gasteiger partial charge is 0 e. The summed E-state index contributed by atoms with van der Waals surface area (Å²) < 4.78 is 33.1. The van der Waals surface area contributed by atoms with E-state index in [0.29, 0.717) is 0 Å². The van der Waals surface area contributed by atoms with Crippen LogP contribution in [-0.4, -0.2) is 4.19 Å². The Labute approximate surface area is 68.2 Å². The minimum Gasteiger partial charge on any atom is 0 e. The van der Waals surface area contributed by atoms with Crippen LogP contribution in [0.15, 0.2) is 0 Å². The van der Waals surface area contributed by atoms with Gasteiger partial charge in [0.1, 0.15) is 0 Å². The molecule has 0 unspecified atom stereocenters. The van der Waals surface area contributed by atoms with Crippen LogP contribution in [0.4, 0.5) is 0 Å². The Morgan fingerprint density at radius 2 is 1.17 bits per heavy atom. The molecule has 1 N–H and O–H groups in total. The summed E-state index contributed by atoms with van der Waals surface area (Å²) in [7, 11) is 0. The van der Waals surface area contributed by atoms with Crippen molar-refractivity contribution in [3.05, 3.63) is 0 Å². The summed E-state index contributed by atoms with van der Waals surface area (Å²) in [6.45, 7) is 0. The second-order valence-electron chi connectivity index (χ2n) is 0.396. The van der Waals surface area contributed by atoms with Crippen LogP contribution in [0.1, 0.15) is 0 Å². The molecule has 0 aromatic carbocycles. The molecule has 0 aromatic rings. The van der Waals surface area contributed by atoms with Crippen molar-refractivity contribution in [2.45, 2.75) is 0 Å². The molecule has 0 aromatic heterocycles. The second kappa shape index (κ2) is 3.25. The van der Waals surface area contributed by atoms with Gasteiger partial charge in [0.15, 0.2) is 0 Å². The van der Waals surface area contributed by atoms with Crippen LogP contribution < -0.4 is 0 Å². The molecule has 0 aliphatic carbocycles. The normalized spacial score (nSPS) is 9.50. The molecule has 6 heavy (non-hydrogen) atoms. The van der Waals surface area contributed by atoms with Gasteiger partial charge in [-0.3, -0.25) is 0 Å². The summed E-state index contributed by atoms with van der Waals surface area (Å²) in [4.78, 5) is 0. The predicted octanol–water partition coefficient (Wildman–Crippen LogP) is -0.916. The third-order valence-corrected chi connectivity index (χ3v) is 0. The monoisotopic (exact) mass is 265 g/mol. The van der Waals surface area contributed by atoms with Crippen molar-refractivity contribution in [3.63, 3.8) is 0 Å². The zero-order chi connectivity index (χ0) is 4.50. The van der Waals surface area contributed by atoms with Gasteiger partial charge >= 0.3 is 28.7 Å². The molecule has 0 aliphatic heterocycles. The first-order valence-corrected chi connectivity index (χ1v) is 2.61. The average molecular weight is 265 g/mol. The Bertz CT molecular complexity index is 129. The molecule has 0 bridgehead atoms. The molecular weight excluding hydrogens is 264 g/mol. The van der Waals surface area contributed by atoms with E-state index >= 15 is 0 Å². The second-order valence-corrected chi connectivity index (χ2v) is 1.63. The number of hydrogen-bond donors (Lipinski definition) is 1. The summed E-state index contributed by atoms with van der Waals surface area (Å²) in [5, 5.41) is 0. The molecule has 0 heterocycles.